The molecule has 9 heteroatoms. The lowest BCUT2D eigenvalue weighted by atomic mass is 9.98. The van der Waals surface area contributed by atoms with E-state index in [0.717, 1.165) is 10.9 Å². The van der Waals surface area contributed by atoms with E-state index in [1.54, 1.807) is 42.3 Å². The zero-order valence-corrected chi connectivity index (χ0v) is 18.3. The van der Waals surface area contributed by atoms with Gasteiger partial charge >= 0.3 is 0 Å². The lowest BCUT2D eigenvalue weighted by molar-refractivity contribution is -0.124. The Hall–Kier alpha value is -4.14. The van der Waals surface area contributed by atoms with Crippen LogP contribution in [0.1, 0.15) is 40.5 Å². The Morgan fingerprint density at radius 1 is 1.03 bits per heavy atom. The van der Waals surface area contributed by atoms with Gasteiger partial charge in [0.1, 0.15) is 12.2 Å². The van der Waals surface area contributed by atoms with Gasteiger partial charge in [0, 0.05) is 30.6 Å². The van der Waals surface area contributed by atoms with Gasteiger partial charge in [-0.05, 0) is 31.5 Å². The van der Waals surface area contributed by atoms with Gasteiger partial charge in [0.2, 0.25) is 5.91 Å². The molecular weight excluding hydrogens is 422 g/mol. The summed E-state index contributed by atoms with van der Waals surface area (Å²) in [6, 6.07) is 14.4. The van der Waals surface area contributed by atoms with Crippen molar-refractivity contribution in [3.63, 3.8) is 0 Å². The molecule has 1 unspecified atom stereocenters. The molecule has 1 fully saturated rings. The SMILES string of the molecule is Cn1cc(C(=O)NNC(=O)CN2C(=O)c3ccccc3N3C(=O)CCC23C)c2ccccc21. The molecule has 4 amide bonds. The first kappa shape index (κ1) is 20.7. The number of aromatic nitrogens is 1. The van der Waals surface area contributed by atoms with Crippen LogP contribution in [0.5, 0.6) is 0 Å². The van der Waals surface area contributed by atoms with Crippen LogP contribution in [0, 0.1) is 0 Å². The van der Waals surface area contributed by atoms with Crippen LogP contribution in [-0.4, -0.2) is 45.3 Å². The number of hydrogen-bond acceptors (Lipinski definition) is 4. The summed E-state index contributed by atoms with van der Waals surface area (Å²) in [5.41, 5.74) is 6.16. The number of benzene rings is 2. The standard InChI is InChI=1S/C24H23N5O4/c1-24-12-11-21(31)29(24)19-10-6-4-8-16(19)23(33)28(24)14-20(30)25-26-22(32)17-13-27(2)18-9-5-3-7-15(17)18/h3-10,13H,11-12,14H2,1-2H3,(H,25,30)(H,26,32). The fraction of sp³-hybridized carbons (Fsp3) is 0.250. The van der Waals surface area contributed by atoms with Crippen molar-refractivity contribution in [1.82, 2.24) is 20.3 Å². The topological polar surface area (TPSA) is 104 Å². The van der Waals surface area contributed by atoms with Crippen molar-refractivity contribution in [2.24, 2.45) is 7.05 Å². The van der Waals surface area contributed by atoms with E-state index in [2.05, 4.69) is 10.9 Å². The van der Waals surface area contributed by atoms with Crippen molar-refractivity contribution in [3.05, 3.63) is 65.9 Å². The third kappa shape index (κ3) is 3.15. The molecule has 0 aliphatic carbocycles. The molecule has 0 spiro atoms. The van der Waals surface area contributed by atoms with Gasteiger partial charge in [-0.1, -0.05) is 30.3 Å². The lowest BCUT2D eigenvalue weighted by Crippen LogP contribution is -2.64. The molecule has 1 saturated heterocycles. The first-order valence-corrected chi connectivity index (χ1v) is 10.7. The third-order valence-corrected chi connectivity index (χ3v) is 6.50. The summed E-state index contributed by atoms with van der Waals surface area (Å²) < 4.78 is 1.84. The van der Waals surface area contributed by atoms with E-state index in [9.17, 15) is 19.2 Å². The second-order valence-corrected chi connectivity index (χ2v) is 8.53. The van der Waals surface area contributed by atoms with Crippen molar-refractivity contribution in [2.75, 3.05) is 11.4 Å². The number of fused-ring (bicyclic) bond motifs is 4. The number of carbonyl (C=O) groups excluding carboxylic acids is 4. The van der Waals surface area contributed by atoms with E-state index in [-0.39, 0.29) is 24.8 Å². The van der Waals surface area contributed by atoms with Crippen molar-refractivity contribution in [3.8, 4) is 0 Å². The van der Waals surface area contributed by atoms with Gasteiger partial charge in [-0.15, -0.1) is 0 Å². The molecule has 5 rings (SSSR count). The highest BCUT2D eigenvalue weighted by Crippen LogP contribution is 2.43. The molecule has 3 aromatic rings. The van der Waals surface area contributed by atoms with Crippen LogP contribution < -0.4 is 15.8 Å². The Balaban J connectivity index is 1.34. The number of amides is 4. The molecule has 9 nitrogen and oxygen atoms in total. The van der Waals surface area contributed by atoms with Crippen molar-refractivity contribution >= 4 is 40.2 Å². The largest absolute Gasteiger partial charge is 0.350 e. The van der Waals surface area contributed by atoms with E-state index >= 15 is 0 Å². The highest BCUT2D eigenvalue weighted by Gasteiger charge is 2.53. The van der Waals surface area contributed by atoms with Gasteiger partial charge < -0.3 is 9.47 Å². The number of rotatable bonds is 3. The molecule has 3 heterocycles. The summed E-state index contributed by atoms with van der Waals surface area (Å²) in [6.07, 6.45) is 2.40. The smallest absolute Gasteiger partial charge is 0.271 e. The third-order valence-electron chi connectivity index (χ3n) is 6.50. The first-order chi connectivity index (χ1) is 15.8. The molecule has 0 saturated carbocycles. The molecule has 2 N–H and O–H groups in total. The zero-order chi connectivity index (χ0) is 23.3. The molecule has 33 heavy (non-hydrogen) atoms. The molecular formula is C24H23N5O4. The summed E-state index contributed by atoms with van der Waals surface area (Å²) in [5.74, 6) is -1.43. The summed E-state index contributed by atoms with van der Waals surface area (Å²) in [4.78, 5) is 54.3. The lowest BCUT2D eigenvalue weighted by Gasteiger charge is -2.48. The maximum atomic E-state index is 13.2. The molecule has 2 aliphatic rings. The summed E-state index contributed by atoms with van der Waals surface area (Å²) in [6.45, 7) is 1.48. The summed E-state index contributed by atoms with van der Waals surface area (Å²) >= 11 is 0. The number of nitrogens with one attached hydrogen (secondary N) is 2. The Morgan fingerprint density at radius 3 is 2.58 bits per heavy atom. The maximum absolute atomic E-state index is 13.2. The van der Waals surface area contributed by atoms with Crippen LogP contribution in [0.4, 0.5) is 5.69 Å². The average molecular weight is 445 g/mol. The second kappa shape index (κ2) is 7.47. The van der Waals surface area contributed by atoms with Gasteiger partial charge in [-0.25, -0.2) is 0 Å². The molecule has 2 aliphatic heterocycles. The minimum absolute atomic E-state index is 0.0906. The van der Waals surface area contributed by atoms with E-state index in [1.807, 2.05) is 35.9 Å². The quantitative estimate of drug-likeness (QED) is 0.602. The first-order valence-electron chi connectivity index (χ1n) is 10.7. The molecule has 168 valence electrons. The van der Waals surface area contributed by atoms with E-state index in [1.165, 1.54) is 4.90 Å². The van der Waals surface area contributed by atoms with Crippen molar-refractivity contribution in [2.45, 2.75) is 25.4 Å². The number of aryl methyl sites for hydroxylation is 1. The van der Waals surface area contributed by atoms with Crippen molar-refractivity contribution in [1.29, 1.82) is 0 Å². The highest BCUT2D eigenvalue weighted by atomic mass is 16.2. The Kier molecular flexibility index (Phi) is 4.70. The fourth-order valence-electron chi connectivity index (χ4n) is 4.84. The van der Waals surface area contributed by atoms with E-state index in [0.29, 0.717) is 23.2 Å². The van der Waals surface area contributed by atoms with Crippen LogP contribution in [0.3, 0.4) is 0 Å². The van der Waals surface area contributed by atoms with E-state index in [4.69, 9.17) is 0 Å². The average Bonchev–Trinajstić information content (AvgIpc) is 3.32. The summed E-state index contributed by atoms with van der Waals surface area (Å²) in [5, 5.41) is 0.766. The predicted molar refractivity (Wildman–Crippen MR) is 121 cm³/mol. The van der Waals surface area contributed by atoms with Crippen LogP contribution in [0.15, 0.2) is 54.7 Å². The minimum Gasteiger partial charge on any atom is -0.350 e. The van der Waals surface area contributed by atoms with Gasteiger partial charge in [-0.2, -0.15) is 0 Å². The molecule has 2 aromatic carbocycles. The Morgan fingerprint density at radius 2 is 1.76 bits per heavy atom. The highest BCUT2D eigenvalue weighted by molar-refractivity contribution is 6.11. The second-order valence-electron chi connectivity index (χ2n) is 8.53. The molecule has 0 bridgehead atoms. The Bertz CT molecular complexity index is 1330. The van der Waals surface area contributed by atoms with Gasteiger partial charge in [0.15, 0.2) is 0 Å². The zero-order valence-electron chi connectivity index (χ0n) is 18.3. The molecule has 1 atom stereocenters. The van der Waals surface area contributed by atoms with Crippen LogP contribution in [0.25, 0.3) is 10.9 Å². The molecule has 1 aromatic heterocycles. The minimum atomic E-state index is -0.945. The number of anilines is 1. The van der Waals surface area contributed by atoms with Crippen molar-refractivity contribution < 1.29 is 19.2 Å². The Labute approximate surface area is 189 Å². The number of carbonyl (C=O) groups is 4. The normalized spacial score (nSPS) is 19.5. The number of para-hydroxylation sites is 2. The van der Waals surface area contributed by atoms with Crippen LogP contribution in [-0.2, 0) is 16.6 Å². The van der Waals surface area contributed by atoms with E-state index < -0.39 is 17.5 Å². The van der Waals surface area contributed by atoms with Gasteiger partial charge in [0.25, 0.3) is 17.7 Å². The predicted octanol–water partition coefficient (Wildman–Crippen LogP) is 1.94. The number of nitrogens with zero attached hydrogens (tertiary/aromatic N) is 3. The monoisotopic (exact) mass is 445 g/mol. The number of hydrazine groups is 1. The molecule has 0 radical (unpaired) electrons. The van der Waals surface area contributed by atoms with Gasteiger partial charge in [-0.3, -0.25) is 34.9 Å². The van der Waals surface area contributed by atoms with Crippen LogP contribution >= 0.6 is 0 Å². The summed E-state index contributed by atoms with van der Waals surface area (Å²) in [7, 11) is 1.84. The fourth-order valence-corrected chi connectivity index (χ4v) is 4.84. The van der Waals surface area contributed by atoms with Gasteiger partial charge in [0.05, 0.1) is 16.8 Å². The van der Waals surface area contributed by atoms with Crippen LogP contribution in [0.2, 0.25) is 0 Å². The maximum Gasteiger partial charge on any atom is 0.271 e. The number of hydrogen-bond donors (Lipinski definition) is 2.